The predicted molar refractivity (Wildman–Crippen MR) is 91.3 cm³/mol. The first kappa shape index (κ1) is 16.4. The summed E-state index contributed by atoms with van der Waals surface area (Å²) in [6.07, 6.45) is 4.11. The molecule has 1 aliphatic rings. The van der Waals surface area contributed by atoms with E-state index < -0.39 is 5.97 Å². The van der Waals surface area contributed by atoms with Crippen molar-refractivity contribution in [1.29, 1.82) is 0 Å². The zero-order valence-electron chi connectivity index (χ0n) is 14.1. The van der Waals surface area contributed by atoms with Crippen LogP contribution in [0.3, 0.4) is 0 Å². The Bertz CT molecular complexity index is 783. The fourth-order valence-corrected chi connectivity index (χ4v) is 3.35. The van der Waals surface area contributed by atoms with Gasteiger partial charge in [0.15, 0.2) is 0 Å². The molecular weight excluding hydrogens is 304 g/mol. The van der Waals surface area contributed by atoms with Gasteiger partial charge in [0.1, 0.15) is 11.4 Å². The molecular formula is C19H22N2O3. The van der Waals surface area contributed by atoms with E-state index in [1.165, 1.54) is 11.8 Å². The molecule has 0 N–H and O–H groups in total. The van der Waals surface area contributed by atoms with Crippen LogP contribution in [0.4, 0.5) is 0 Å². The highest BCUT2D eigenvalue weighted by Crippen LogP contribution is 2.33. The molecule has 0 saturated heterocycles. The second-order valence-electron chi connectivity index (χ2n) is 6.24. The van der Waals surface area contributed by atoms with Crippen LogP contribution >= 0.6 is 0 Å². The van der Waals surface area contributed by atoms with Crippen LogP contribution < -0.4 is 5.56 Å². The van der Waals surface area contributed by atoms with Crippen LogP contribution in [0.1, 0.15) is 60.4 Å². The van der Waals surface area contributed by atoms with Crippen molar-refractivity contribution >= 4 is 5.97 Å². The number of aromatic nitrogens is 2. The van der Waals surface area contributed by atoms with E-state index in [1.54, 1.807) is 11.5 Å². The van der Waals surface area contributed by atoms with Crippen LogP contribution in [0, 0.1) is 0 Å². The first-order valence-electron chi connectivity index (χ1n) is 8.44. The van der Waals surface area contributed by atoms with Crippen LogP contribution in [0.15, 0.2) is 41.3 Å². The number of rotatable bonds is 4. The highest BCUT2D eigenvalue weighted by molar-refractivity contribution is 5.88. The molecule has 2 heterocycles. The fraction of sp³-hybridized carbons (Fsp3) is 0.421. The van der Waals surface area contributed by atoms with E-state index in [-0.39, 0.29) is 29.7 Å². The quantitative estimate of drug-likeness (QED) is 0.810. The summed E-state index contributed by atoms with van der Waals surface area (Å²) < 4.78 is 6.65. The normalized spacial score (nSPS) is 19.6. The molecule has 0 radical (unpaired) electrons. The molecule has 2 atom stereocenters. The molecule has 0 saturated carbocycles. The van der Waals surface area contributed by atoms with Crippen molar-refractivity contribution in [2.45, 2.75) is 45.1 Å². The third-order valence-corrected chi connectivity index (χ3v) is 4.58. The summed E-state index contributed by atoms with van der Waals surface area (Å²) in [6, 6.07) is 10.3. The van der Waals surface area contributed by atoms with E-state index in [0.717, 1.165) is 25.1 Å². The predicted octanol–water partition coefficient (Wildman–Crippen LogP) is 3.10. The Morgan fingerprint density at radius 2 is 2.04 bits per heavy atom. The molecule has 1 aromatic carbocycles. The lowest BCUT2D eigenvalue weighted by molar-refractivity contribution is 0.0522. The lowest BCUT2D eigenvalue weighted by atomic mass is 9.89. The third-order valence-electron chi connectivity index (χ3n) is 4.58. The molecule has 1 aliphatic heterocycles. The molecule has 126 valence electrons. The van der Waals surface area contributed by atoms with Gasteiger partial charge in [0.25, 0.3) is 5.56 Å². The van der Waals surface area contributed by atoms with Crippen molar-refractivity contribution in [3.63, 3.8) is 0 Å². The number of hydrogen-bond donors (Lipinski definition) is 0. The van der Waals surface area contributed by atoms with Crippen LogP contribution in [0.2, 0.25) is 0 Å². The Balaban J connectivity index is 1.98. The summed E-state index contributed by atoms with van der Waals surface area (Å²) in [7, 11) is 0. The molecule has 5 nitrogen and oxygen atoms in total. The molecule has 0 spiro atoms. The van der Waals surface area contributed by atoms with Crippen molar-refractivity contribution in [2.24, 2.45) is 0 Å². The van der Waals surface area contributed by atoms with Gasteiger partial charge >= 0.3 is 5.97 Å². The van der Waals surface area contributed by atoms with Gasteiger partial charge in [-0.3, -0.25) is 9.36 Å². The van der Waals surface area contributed by atoms with Gasteiger partial charge in [-0.25, -0.2) is 9.78 Å². The molecule has 5 heteroatoms. The third kappa shape index (κ3) is 3.11. The van der Waals surface area contributed by atoms with Gasteiger partial charge in [-0.2, -0.15) is 0 Å². The number of carbonyl (C=O) groups is 1. The number of hydrogen-bond acceptors (Lipinski definition) is 4. The maximum Gasteiger partial charge on any atom is 0.345 e. The number of ether oxygens (including phenoxy) is 1. The zero-order chi connectivity index (χ0) is 17.1. The highest BCUT2D eigenvalue weighted by atomic mass is 16.5. The molecule has 0 bridgehead atoms. The second kappa shape index (κ2) is 6.99. The Hall–Kier alpha value is -2.43. The second-order valence-corrected chi connectivity index (χ2v) is 6.24. The van der Waals surface area contributed by atoms with E-state index in [4.69, 9.17) is 4.74 Å². The Morgan fingerprint density at radius 3 is 2.75 bits per heavy atom. The molecule has 0 unspecified atom stereocenters. The van der Waals surface area contributed by atoms with Crippen molar-refractivity contribution in [2.75, 3.05) is 6.61 Å². The molecule has 2 aromatic rings. The van der Waals surface area contributed by atoms with Gasteiger partial charge in [0, 0.05) is 18.2 Å². The largest absolute Gasteiger partial charge is 0.462 e. The van der Waals surface area contributed by atoms with Gasteiger partial charge < -0.3 is 4.74 Å². The number of esters is 1. The van der Waals surface area contributed by atoms with E-state index in [1.807, 2.05) is 25.1 Å². The lowest BCUT2D eigenvalue weighted by Crippen LogP contribution is -2.36. The minimum Gasteiger partial charge on any atom is -0.462 e. The number of nitrogens with zero attached hydrogens (tertiary/aromatic N) is 2. The monoisotopic (exact) mass is 326 g/mol. The Labute approximate surface area is 141 Å². The van der Waals surface area contributed by atoms with Crippen molar-refractivity contribution in [1.82, 2.24) is 9.55 Å². The molecule has 0 amide bonds. The molecule has 1 aromatic heterocycles. The number of fused-ring (bicyclic) bond motifs is 1. The Morgan fingerprint density at radius 1 is 1.29 bits per heavy atom. The van der Waals surface area contributed by atoms with Gasteiger partial charge in [0.2, 0.25) is 0 Å². The molecule has 24 heavy (non-hydrogen) atoms. The fourth-order valence-electron chi connectivity index (χ4n) is 3.35. The van der Waals surface area contributed by atoms with Crippen molar-refractivity contribution in [3.8, 4) is 0 Å². The van der Waals surface area contributed by atoms with E-state index in [0.29, 0.717) is 0 Å². The van der Waals surface area contributed by atoms with Gasteiger partial charge in [-0.15, -0.1) is 0 Å². The van der Waals surface area contributed by atoms with E-state index >= 15 is 0 Å². The zero-order valence-corrected chi connectivity index (χ0v) is 14.1. The van der Waals surface area contributed by atoms with Gasteiger partial charge in [0.05, 0.1) is 6.61 Å². The average Bonchev–Trinajstić information content (AvgIpc) is 2.58. The van der Waals surface area contributed by atoms with Crippen LogP contribution in [0.5, 0.6) is 0 Å². The smallest absolute Gasteiger partial charge is 0.345 e. The maximum atomic E-state index is 12.8. The number of benzene rings is 1. The topological polar surface area (TPSA) is 61.2 Å². The molecule has 0 fully saturated rings. The first-order chi connectivity index (χ1) is 11.6. The molecule has 3 rings (SSSR count). The number of carbonyl (C=O) groups excluding carboxylic acids is 1. The minimum absolute atomic E-state index is 0.0211. The summed E-state index contributed by atoms with van der Waals surface area (Å²) in [5, 5.41) is 0. The van der Waals surface area contributed by atoms with E-state index in [2.05, 4.69) is 17.1 Å². The van der Waals surface area contributed by atoms with Gasteiger partial charge in [-0.1, -0.05) is 30.3 Å². The SMILES string of the molecule is CCOC(=O)c1cnc2n(c1=O)[C@@H](C)CC[C@@H]2Cc1ccccc1. The standard InChI is InChI=1S/C19H22N2O3/c1-3-24-19(23)16-12-20-17-15(11-14-7-5-4-6-8-14)10-9-13(2)21(17)18(16)22/h4-8,12-13,15H,3,9-11H2,1-2H3/t13-,15+/m0/s1. The Kier molecular flexibility index (Phi) is 4.79. The van der Waals surface area contributed by atoms with Crippen molar-refractivity contribution in [3.05, 3.63) is 63.8 Å². The van der Waals surface area contributed by atoms with Crippen LogP contribution in [0.25, 0.3) is 0 Å². The van der Waals surface area contributed by atoms with Crippen LogP contribution in [-0.2, 0) is 11.2 Å². The minimum atomic E-state index is -0.595. The summed E-state index contributed by atoms with van der Waals surface area (Å²) in [4.78, 5) is 29.2. The summed E-state index contributed by atoms with van der Waals surface area (Å²) in [5.74, 6) is 0.367. The first-order valence-corrected chi connectivity index (χ1v) is 8.44. The van der Waals surface area contributed by atoms with Crippen molar-refractivity contribution < 1.29 is 9.53 Å². The lowest BCUT2D eigenvalue weighted by Gasteiger charge is -2.30. The summed E-state index contributed by atoms with van der Waals surface area (Å²) >= 11 is 0. The van der Waals surface area contributed by atoms with E-state index in [9.17, 15) is 9.59 Å². The summed E-state index contributed by atoms with van der Waals surface area (Å²) in [5.41, 5.74) is 0.962. The maximum absolute atomic E-state index is 12.8. The average molecular weight is 326 g/mol. The van der Waals surface area contributed by atoms with Gasteiger partial charge in [-0.05, 0) is 38.7 Å². The highest BCUT2D eigenvalue weighted by Gasteiger charge is 2.29. The van der Waals surface area contributed by atoms with Crippen LogP contribution in [-0.4, -0.2) is 22.1 Å². The summed E-state index contributed by atoms with van der Waals surface area (Å²) in [6.45, 7) is 3.96. The molecule has 0 aliphatic carbocycles.